The van der Waals surface area contributed by atoms with Gasteiger partial charge in [0.25, 0.3) is 0 Å². The van der Waals surface area contributed by atoms with Crippen LogP contribution in [0.3, 0.4) is 0 Å². The highest BCUT2D eigenvalue weighted by Gasteiger charge is 2.24. The van der Waals surface area contributed by atoms with Crippen molar-refractivity contribution < 1.29 is 4.79 Å². The van der Waals surface area contributed by atoms with Crippen LogP contribution >= 0.6 is 0 Å². The van der Waals surface area contributed by atoms with Crippen LogP contribution in [0, 0.1) is 0 Å². The maximum Gasteiger partial charge on any atom is 0.222 e. The van der Waals surface area contributed by atoms with Gasteiger partial charge in [0.05, 0.1) is 0 Å². The number of piperidine rings is 1. The van der Waals surface area contributed by atoms with Gasteiger partial charge in [-0.05, 0) is 19.3 Å². The fourth-order valence-corrected chi connectivity index (χ4v) is 3.60. The Bertz CT molecular complexity index is 306. The summed E-state index contributed by atoms with van der Waals surface area (Å²) in [6.07, 6.45) is 16.6. The molecule has 1 heterocycles. The third-order valence-corrected chi connectivity index (χ3v) is 5.16. The number of rotatable bonds is 13. The summed E-state index contributed by atoms with van der Waals surface area (Å²) in [4.78, 5) is 13.5. The molecule has 0 bridgehead atoms. The van der Waals surface area contributed by atoms with E-state index in [0.29, 0.717) is 24.4 Å². The molecule has 136 valence electrons. The molecule has 0 radical (unpaired) electrons. The Hall–Kier alpha value is -0.570. The van der Waals surface area contributed by atoms with Crippen molar-refractivity contribution in [3.05, 3.63) is 0 Å². The minimum atomic E-state index is 0.307. The van der Waals surface area contributed by atoms with E-state index in [1.54, 1.807) is 0 Å². The van der Waals surface area contributed by atoms with Crippen molar-refractivity contribution in [1.82, 2.24) is 10.2 Å². The Morgan fingerprint density at radius 2 is 1.57 bits per heavy atom. The largest absolute Gasteiger partial charge is 0.344 e. The smallest absolute Gasteiger partial charge is 0.222 e. The highest BCUT2D eigenvalue weighted by molar-refractivity contribution is 5.76. The van der Waals surface area contributed by atoms with Crippen LogP contribution in [0.1, 0.15) is 97.3 Å². The maximum absolute atomic E-state index is 11.6. The zero-order chi connectivity index (χ0) is 16.9. The van der Waals surface area contributed by atoms with Crippen molar-refractivity contribution in [3.8, 4) is 0 Å². The summed E-state index contributed by atoms with van der Waals surface area (Å²) >= 11 is 0. The van der Waals surface area contributed by atoms with Gasteiger partial charge in [-0.3, -0.25) is 4.79 Å². The summed E-state index contributed by atoms with van der Waals surface area (Å²) in [5, 5.41) is 3.87. The Kier molecular flexibility index (Phi) is 11.4. The van der Waals surface area contributed by atoms with Gasteiger partial charge >= 0.3 is 0 Å². The molecule has 1 amide bonds. The first-order valence-electron chi connectivity index (χ1n) is 10.2. The zero-order valence-corrected chi connectivity index (χ0v) is 15.9. The lowest BCUT2D eigenvalue weighted by molar-refractivity contribution is -0.132. The predicted octanol–water partition coefficient (Wildman–Crippen LogP) is 4.90. The van der Waals surface area contributed by atoms with E-state index in [4.69, 9.17) is 0 Å². The second kappa shape index (κ2) is 12.8. The molecular weight excluding hydrogens is 284 g/mol. The molecule has 1 fully saturated rings. The van der Waals surface area contributed by atoms with Gasteiger partial charge in [-0.1, -0.05) is 71.6 Å². The van der Waals surface area contributed by atoms with Gasteiger partial charge in [-0.2, -0.15) is 0 Å². The molecule has 0 aliphatic carbocycles. The molecule has 1 saturated heterocycles. The number of carbonyl (C=O) groups excluding carboxylic acids is 1. The third-order valence-electron chi connectivity index (χ3n) is 5.16. The van der Waals surface area contributed by atoms with Crippen LogP contribution < -0.4 is 5.32 Å². The van der Waals surface area contributed by atoms with Gasteiger partial charge in [0.1, 0.15) is 0 Å². The van der Waals surface area contributed by atoms with Crippen LogP contribution in [0.15, 0.2) is 0 Å². The van der Waals surface area contributed by atoms with Gasteiger partial charge in [0, 0.05) is 32.1 Å². The molecule has 23 heavy (non-hydrogen) atoms. The quantitative estimate of drug-likeness (QED) is 0.489. The van der Waals surface area contributed by atoms with Crippen LogP contribution in [0.25, 0.3) is 0 Å². The number of likely N-dealkylation sites (N-methyl/N-ethyl adjacent to an activating group) is 1. The van der Waals surface area contributed by atoms with E-state index in [0.717, 1.165) is 13.0 Å². The van der Waals surface area contributed by atoms with E-state index in [1.807, 2.05) is 11.9 Å². The lowest BCUT2D eigenvalue weighted by Crippen LogP contribution is -2.49. The number of unbranched alkanes of at least 4 members (excludes halogenated alkanes) is 7. The Morgan fingerprint density at radius 1 is 1.00 bits per heavy atom. The Labute approximate surface area is 144 Å². The molecule has 0 aromatic rings. The molecule has 1 aliphatic rings. The lowest BCUT2D eigenvalue weighted by atomic mass is 9.98. The van der Waals surface area contributed by atoms with Gasteiger partial charge < -0.3 is 10.2 Å². The molecule has 0 aromatic carbocycles. The van der Waals surface area contributed by atoms with Gasteiger partial charge in [0.15, 0.2) is 0 Å². The molecule has 0 saturated carbocycles. The van der Waals surface area contributed by atoms with Crippen LogP contribution in [0.2, 0.25) is 0 Å². The van der Waals surface area contributed by atoms with Crippen molar-refractivity contribution in [3.63, 3.8) is 0 Å². The third kappa shape index (κ3) is 9.34. The molecular formula is C20H40N2O. The molecule has 1 aliphatic heterocycles. The van der Waals surface area contributed by atoms with E-state index >= 15 is 0 Å². The van der Waals surface area contributed by atoms with E-state index < -0.39 is 0 Å². The van der Waals surface area contributed by atoms with Crippen molar-refractivity contribution in [1.29, 1.82) is 0 Å². The van der Waals surface area contributed by atoms with E-state index in [1.165, 1.54) is 70.6 Å². The lowest BCUT2D eigenvalue weighted by Gasteiger charge is -2.33. The van der Waals surface area contributed by atoms with E-state index in [2.05, 4.69) is 19.2 Å². The highest BCUT2D eigenvalue weighted by Crippen LogP contribution is 2.16. The summed E-state index contributed by atoms with van der Waals surface area (Å²) in [7, 11) is 1.94. The van der Waals surface area contributed by atoms with Crippen molar-refractivity contribution in [2.24, 2.45) is 0 Å². The second-order valence-electron chi connectivity index (χ2n) is 7.43. The average Bonchev–Trinajstić information content (AvgIpc) is 2.54. The van der Waals surface area contributed by atoms with Gasteiger partial charge in [-0.15, -0.1) is 0 Å². The van der Waals surface area contributed by atoms with Gasteiger partial charge in [0.2, 0.25) is 5.91 Å². The first-order valence-corrected chi connectivity index (χ1v) is 10.2. The second-order valence-corrected chi connectivity index (χ2v) is 7.43. The molecule has 2 atom stereocenters. The first kappa shape index (κ1) is 20.5. The summed E-state index contributed by atoms with van der Waals surface area (Å²) in [6.45, 7) is 5.44. The maximum atomic E-state index is 11.6. The van der Waals surface area contributed by atoms with Crippen molar-refractivity contribution in [2.75, 3.05) is 13.6 Å². The molecule has 3 nitrogen and oxygen atoms in total. The molecule has 1 N–H and O–H groups in total. The summed E-state index contributed by atoms with van der Waals surface area (Å²) in [5.74, 6) is 0.307. The summed E-state index contributed by atoms with van der Waals surface area (Å²) < 4.78 is 0. The number of hydrogen-bond donors (Lipinski definition) is 1. The van der Waals surface area contributed by atoms with Crippen LogP contribution in [-0.2, 0) is 4.79 Å². The SMILES string of the molecule is CCCCCCCCC(CCCCC)NC1CCC(=O)N(C)C1. The molecule has 0 aromatic heterocycles. The van der Waals surface area contributed by atoms with Crippen molar-refractivity contribution >= 4 is 5.91 Å². The fraction of sp³-hybridized carbons (Fsp3) is 0.950. The van der Waals surface area contributed by atoms with Crippen LogP contribution in [0.5, 0.6) is 0 Å². The average molecular weight is 325 g/mol. The molecule has 3 heteroatoms. The van der Waals surface area contributed by atoms with E-state index in [-0.39, 0.29) is 0 Å². The standard InChI is InChI=1S/C20H40N2O/c1-4-6-8-9-10-12-14-18(13-11-7-5-2)21-19-15-16-20(23)22(3)17-19/h18-19,21H,4-17H2,1-3H3. The number of carbonyl (C=O) groups is 1. The Morgan fingerprint density at radius 3 is 2.22 bits per heavy atom. The highest BCUT2D eigenvalue weighted by atomic mass is 16.2. The zero-order valence-electron chi connectivity index (χ0n) is 15.9. The van der Waals surface area contributed by atoms with Crippen LogP contribution in [0.4, 0.5) is 0 Å². The number of hydrogen-bond acceptors (Lipinski definition) is 2. The summed E-state index contributed by atoms with van der Waals surface area (Å²) in [6, 6.07) is 1.16. The normalized spacial score (nSPS) is 20.0. The number of nitrogens with one attached hydrogen (secondary N) is 1. The number of likely N-dealkylation sites (tertiary alicyclic amines) is 1. The first-order chi connectivity index (χ1) is 11.2. The fourth-order valence-electron chi connectivity index (χ4n) is 3.60. The summed E-state index contributed by atoms with van der Waals surface area (Å²) in [5.41, 5.74) is 0. The number of nitrogens with zero attached hydrogens (tertiary/aromatic N) is 1. The predicted molar refractivity (Wildman–Crippen MR) is 99.7 cm³/mol. The molecule has 2 unspecified atom stereocenters. The Balaban J connectivity index is 2.28. The molecule has 0 spiro atoms. The van der Waals surface area contributed by atoms with Crippen molar-refractivity contribution in [2.45, 2.75) is 109 Å². The molecule has 1 rings (SSSR count). The topological polar surface area (TPSA) is 32.3 Å². The van der Waals surface area contributed by atoms with Crippen LogP contribution in [-0.4, -0.2) is 36.5 Å². The number of amides is 1. The minimum absolute atomic E-state index is 0.307. The van der Waals surface area contributed by atoms with Gasteiger partial charge in [-0.25, -0.2) is 0 Å². The minimum Gasteiger partial charge on any atom is -0.344 e. The monoisotopic (exact) mass is 324 g/mol. The van der Waals surface area contributed by atoms with E-state index in [9.17, 15) is 4.79 Å².